The highest BCUT2D eigenvalue weighted by Gasteiger charge is 2.27. The van der Waals surface area contributed by atoms with E-state index in [0.717, 1.165) is 69.7 Å². The maximum absolute atomic E-state index is 5.48. The third-order valence-corrected chi connectivity index (χ3v) is 5.89. The van der Waals surface area contributed by atoms with E-state index >= 15 is 0 Å². The second-order valence-electron chi connectivity index (χ2n) is 7.65. The van der Waals surface area contributed by atoms with Gasteiger partial charge in [-0.25, -0.2) is 4.98 Å². The zero-order chi connectivity index (χ0) is 21.6. The maximum atomic E-state index is 5.48. The van der Waals surface area contributed by atoms with E-state index in [9.17, 15) is 0 Å². The number of rotatable bonds is 7. The van der Waals surface area contributed by atoms with Crippen LogP contribution < -0.4 is 24.4 Å². The summed E-state index contributed by atoms with van der Waals surface area (Å²) in [5.74, 6) is 3.20. The lowest BCUT2D eigenvalue weighted by Crippen LogP contribution is -2.49. The van der Waals surface area contributed by atoms with Gasteiger partial charge >= 0.3 is 0 Å². The Morgan fingerprint density at radius 1 is 0.968 bits per heavy atom. The number of hydrogen-bond acceptors (Lipinski definition) is 9. The Morgan fingerprint density at radius 2 is 1.65 bits per heavy atom. The van der Waals surface area contributed by atoms with Crippen LogP contribution in [0, 0.1) is 0 Å². The van der Waals surface area contributed by atoms with E-state index in [1.165, 1.54) is 0 Å². The van der Waals surface area contributed by atoms with E-state index < -0.39 is 0 Å². The van der Waals surface area contributed by atoms with Crippen molar-refractivity contribution in [1.29, 1.82) is 0 Å². The van der Waals surface area contributed by atoms with Crippen LogP contribution in [0.25, 0.3) is 0 Å². The standard InChI is InChI=1S/C22H31N5O4/c1-28-18-14-16(15-19(29-2)21(18)30-3)24-20-4-7-23-22(25-20)27-8-5-17(6-9-27)26-10-12-31-13-11-26/h4,7,14-15,17H,5-6,8-13H2,1-3H3,(H,23,24,25). The van der Waals surface area contributed by atoms with E-state index in [1.807, 2.05) is 18.2 Å². The van der Waals surface area contributed by atoms with Crippen LogP contribution in [-0.2, 0) is 4.74 Å². The van der Waals surface area contributed by atoms with Gasteiger partial charge in [0.15, 0.2) is 11.5 Å². The highest BCUT2D eigenvalue weighted by molar-refractivity contribution is 5.67. The molecule has 0 spiro atoms. The van der Waals surface area contributed by atoms with Crippen molar-refractivity contribution in [1.82, 2.24) is 14.9 Å². The first-order chi connectivity index (χ1) is 15.2. The molecular formula is C22H31N5O4. The van der Waals surface area contributed by atoms with E-state index in [-0.39, 0.29) is 0 Å². The highest BCUT2D eigenvalue weighted by atomic mass is 16.5. The van der Waals surface area contributed by atoms with Crippen LogP contribution in [0.5, 0.6) is 17.2 Å². The molecule has 0 amide bonds. The molecule has 4 rings (SSSR count). The summed E-state index contributed by atoms with van der Waals surface area (Å²) in [4.78, 5) is 14.1. The largest absolute Gasteiger partial charge is 0.493 e. The van der Waals surface area contributed by atoms with Crippen LogP contribution >= 0.6 is 0 Å². The SMILES string of the molecule is COc1cc(Nc2ccnc(N3CCC(N4CCOCC4)CC3)n2)cc(OC)c1OC. The minimum absolute atomic E-state index is 0.557. The lowest BCUT2D eigenvalue weighted by molar-refractivity contribution is 0.0114. The average molecular weight is 430 g/mol. The summed E-state index contributed by atoms with van der Waals surface area (Å²) in [7, 11) is 4.79. The molecule has 0 aliphatic carbocycles. The zero-order valence-corrected chi connectivity index (χ0v) is 18.5. The van der Waals surface area contributed by atoms with Crippen LogP contribution in [0.4, 0.5) is 17.5 Å². The zero-order valence-electron chi connectivity index (χ0n) is 18.5. The van der Waals surface area contributed by atoms with Crippen molar-refractivity contribution in [2.24, 2.45) is 0 Å². The number of nitrogens with one attached hydrogen (secondary N) is 1. The van der Waals surface area contributed by atoms with Gasteiger partial charge in [-0.3, -0.25) is 4.90 Å². The summed E-state index contributed by atoms with van der Waals surface area (Å²) in [5, 5.41) is 3.33. The summed E-state index contributed by atoms with van der Waals surface area (Å²) in [6.07, 6.45) is 4.03. The molecule has 0 bridgehead atoms. The number of ether oxygens (including phenoxy) is 4. The number of piperidine rings is 1. The van der Waals surface area contributed by atoms with Crippen molar-refractivity contribution >= 4 is 17.5 Å². The fourth-order valence-corrected chi connectivity index (χ4v) is 4.25. The van der Waals surface area contributed by atoms with Gasteiger partial charge in [-0.1, -0.05) is 0 Å². The first kappa shape index (κ1) is 21.5. The molecule has 3 heterocycles. The third-order valence-electron chi connectivity index (χ3n) is 5.89. The molecule has 2 fully saturated rings. The first-order valence-corrected chi connectivity index (χ1v) is 10.7. The Kier molecular flexibility index (Phi) is 6.93. The number of benzene rings is 1. The molecule has 1 aromatic carbocycles. The smallest absolute Gasteiger partial charge is 0.227 e. The fraction of sp³-hybridized carbons (Fsp3) is 0.545. The first-order valence-electron chi connectivity index (χ1n) is 10.7. The molecule has 0 atom stereocenters. The number of nitrogens with zero attached hydrogens (tertiary/aromatic N) is 4. The van der Waals surface area contributed by atoms with E-state index in [2.05, 4.69) is 20.1 Å². The third kappa shape index (κ3) is 4.94. The van der Waals surface area contributed by atoms with Crippen LogP contribution in [-0.4, -0.2) is 81.6 Å². The number of aromatic nitrogens is 2. The molecule has 168 valence electrons. The lowest BCUT2D eigenvalue weighted by Gasteiger charge is -2.40. The van der Waals surface area contributed by atoms with Crippen LogP contribution in [0.15, 0.2) is 24.4 Å². The van der Waals surface area contributed by atoms with Crippen molar-refractivity contribution in [3.05, 3.63) is 24.4 Å². The second kappa shape index (κ2) is 10.0. The second-order valence-corrected chi connectivity index (χ2v) is 7.65. The summed E-state index contributed by atoms with van der Waals surface area (Å²) < 4.78 is 21.8. The number of morpholine rings is 1. The van der Waals surface area contributed by atoms with Crippen molar-refractivity contribution in [2.45, 2.75) is 18.9 Å². The summed E-state index contributed by atoms with van der Waals surface area (Å²) in [5.41, 5.74) is 0.796. The van der Waals surface area contributed by atoms with Gasteiger partial charge in [-0.05, 0) is 18.9 Å². The Balaban J connectivity index is 1.43. The molecule has 0 unspecified atom stereocenters. The molecule has 2 aliphatic rings. The van der Waals surface area contributed by atoms with Gasteiger partial charge in [-0.2, -0.15) is 4.98 Å². The molecule has 1 N–H and O–H groups in total. The number of hydrogen-bond donors (Lipinski definition) is 1. The Bertz CT molecular complexity index is 842. The molecule has 2 aromatic rings. The van der Waals surface area contributed by atoms with Gasteiger partial charge < -0.3 is 29.2 Å². The quantitative estimate of drug-likeness (QED) is 0.714. The van der Waals surface area contributed by atoms with E-state index in [1.54, 1.807) is 27.5 Å². The van der Waals surface area contributed by atoms with Crippen molar-refractivity contribution < 1.29 is 18.9 Å². The van der Waals surface area contributed by atoms with Crippen LogP contribution in [0.2, 0.25) is 0 Å². The molecule has 0 radical (unpaired) electrons. The van der Waals surface area contributed by atoms with Gasteiger partial charge in [0.05, 0.1) is 34.5 Å². The van der Waals surface area contributed by atoms with Crippen molar-refractivity contribution in [2.75, 3.05) is 70.9 Å². The van der Waals surface area contributed by atoms with E-state index in [4.69, 9.17) is 23.9 Å². The maximum Gasteiger partial charge on any atom is 0.227 e. The van der Waals surface area contributed by atoms with Gasteiger partial charge in [0.25, 0.3) is 0 Å². The van der Waals surface area contributed by atoms with Gasteiger partial charge in [0.1, 0.15) is 5.82 Å². The highest BCUT2D eigenvalue weighted by Crippen LogP contribution is 2.40. The molecule has 9 heteroatoms. The van der Waals surface area contributed by atoms with Crippen LogP contribution in [0.3, 0.4) is 0 Å². The van der Waals surface area contributed by atoms with Gasteiger partial charge in [0.2, 0.25) is 11.7 Å². The molecule has 2 saturated heterocycles. The van der Waals surface area contributed by atoms with Crippen LogP contribution in [0.1, 0.15) is 12.8 Å². The monoisotopic (exact) mass is 429 g/mol. The van der Waals surface area contributed by atoms with Crippen molar-refractivity contribution in [3.63, 3.8) is 0 Å². The minimum atomic E-state index is 0.557. The predicted octanol–water partition coefficient (Wildman–Crippen LogP) is 2.55. The molecular weight excluding hydrogens is 398 g/mol. The minimum Gasteiger partial charge on any atom is -0.493 e. The number of methoxy groups -OCH3 is 3. The fourth-order valence-electron chi connectivity index (χ4n) is 4.25. The summed E-state index contributed by atoms with van der Waals surface area (Å²) in [6, 6.07) is 6.20. The van der Waals surface area contributed by atoms with Crippen molar-refractivity contribution in [3.8, 4) is 17.2 Å². The lowest BCUT2D eigenvalue weighted by atomic mass is 10.0. The number of anilines is 3. The molecule has 0 saturated carbocycles. The predicted molar refractivity (Wildman–Crippen MR) is 119 cm³/mol. The average Bonchev–Trinajstić information content (AvgIpc) is 2.84. The Morgan fingerprint density at radius 3 is 2.26 bits per heavy atom. The molecule has 2 aliphatic heterocycles. The Labute approximate surface area is 183 Å². The Hall–Kier alpha value is -2.78. The summed E-state index contributed by atoms with van der Waals surface area (Å²) in [6.45, 7) is 5.67. The molecule has 9 nitrogen and oxygen atoms in total. The topological polar surface area (TPSA) is 81.2 Å². The van der Waals surface area contributed by atoms with E-state index in [0.29, 0.717) is 23.3 Å². The normalized spacial score (nSPS) is 18.0. The summed E-state index contributed by atoms with van der Waals surface area (Å²) >= 11 is 0. The molecule has 31 heavy (non-hydrogen) atoms. The molecule has 1 aromatic heterocycles. The van der Waals surface area contributed by atoms with Gasteiger partial charge in [-0.15, -0.1) is 0 Å². The van der Waals surface area contributed by atoms with Gasteiger partial charge in [0, 0.05) is 56.2 Å².